The van der Waals surface area contributed by atoms with Crippen molar-refractivity contribution < 1.29 is 14.3 Å². The molecule has 1 saturated carbocycles. The van der Waals surface area contributed by atoms with Gasteiger partial charge in [0.1, 0.15) is 5.82 Å². The summed E-state index contributed by atoms with van der Waals surface area (Å²) >= 11 is 0. The standard InChI is InChI=1S/C24H23FN2O2/c25-18-8-3-15(4-9-18)1-2-16-5-10-21-20(13-16)23-19(22(14-28)26-21)11-12-27(23)24(29)17-6-7-17/h3-5,8-10,13,17,19,22-23,26,28H,6-7,11-12,14H2/t19-,22+,23-/m1/s1. The normalized spacial score (nSPS) is 24.8. The van der Waals surface area contributed by atoms with Gasteiger partial charge < -0.3 is 15.3 Å². The summed E-state index contributed by atoms with van der Waals surface area (Å²) < 4.78 is 13.1. The van der Waals surface area contributed by atoms with Crippen LogP contribution in [0.1, 0.15) is 42.0 Å². The molecule has 1 amide bonds. The number of nitrogens with one attached hydrogen (secondary N) is 1. The molecule has 1 aliphatic carbocycles. The summed E-state index contributed by atoms with van der Waals surface area (Å²) in [7, 11) is 0. The van der Waals surface area contributed by atoms with E-state index in [1.54, 1.807) is 12.1 Å². The number of benzene rings is 2. The van der Waals surface area contributed by atoms with Gasteiger partial charge in [0, 0.05) is 35.2 Å². The fourth-order valence-electron chi connectivity index (χ4n) is 4.63. The van der Waals surface area contributed by atoms with Crippen molar-refractivity contribution in [3.8, 4) is 11.8 Å². The maximum absolute atomic E-state index is 13.1. The Kier molecular flexibility index (Phi) is 4.52. The molecule has 1 saturated heterocycles. The molecule has 3 aliphatic rings. The van der Waals surface area contributed by atoms with Gasteiger partial charge in [-0.3, -0.25) is 4.79 Å². The summed E-state index contributed by atoms with van der Waals surface area (Å²) in [4.78, 5) is 14.9. The van der Waals surface area contributed by atoms with Crippen LogP contribution in [0.2, 0.25) is 0 Å². The van der Waals surface area contributed by atoms with Crippen molar-refractivity contribution in [3.05, 3.63) is 65.0 Å². The lowest BCUT2D eigenvalue weighted by Gasteiger charge is -2.39. The van der Waals surface area contributed by atoms with Crippen LogP contribution in [0.25, 0.3) is 0 Å². The number of hydrogen-bond donors (Lipinski definition) is 2. The van der Waals surface area contributed by atoms with E-state index in [1.165, 1.54) is 12.1 Å². The van der Waals surface area contributed by atoms with Crippen molar-refractivity contribution in [2.45, 2.75) is 31.3 Å². The summed E-state index contributed by atoms with van der Waals surface area (Å²) in [6.45, 7) is 0.798. The van der Waals surface area contributed by atoms with Crippen molar-refractivity contribution in [2.24, 2.45) is 11.8 Å². The van der Waals surface area contributed by atoms with Gasteiger partial charge in [-0.15, -0.1) is 0 Å². The molecule has 0 unspecified atom stereocenters. The molecule has 29 heavy (non-hydrogen) atoms. The third kappa shape index (κ3) is 3.38. The van der Waals surface area contributed by atoms with E-state index in [0.29, 0.717) is 0 Å². The number of carbonyl (C=O) groups is 1. The fraction of sp³-hybridized carbons (Fsp3) is 0.375. The summed E-state index contributed by atoms with van der Waals surface area (Å²) in [5.74, 6) is 6.60. The predicted octanol–water partition coefficient (Wildman–Crippen LogP) is 3.31. The maximum Gasteiger partial charge on any atom is 0.226 e. The monoisotopic (exact) mass is 390 g/mol. The Labute approximate surface area is 169 Å². The molecule has 0 aromatic heterocycles. The van der Waals surface area contributed by atoms with E-state index in [0.717, 1.165) is 48.2 Å². The first-order chi connectivity index (χ1) is 14.1. The number of amides is 1. The van der Waals surface area contributed by atoms with Gasteiger partial charge in [0.25, 0.3) is 0 Å². The Balaban J connectivity index is 1.49. The molecule has 5 heteroatoms. The number of likely N-dealkylation sites (tertiary alicyclic amines) is 1. The van der Waals surface area contributed by atoms with Crippen molar-refractivity contribution in [3.63, 3.8) is 0 Å². The van der Waals surface area contributed by atoms with E-state index in [9.17, 15) is 14.3 Å². The lowest BCUT2D eigenvalue weighted by atomic mass is 9.82. The van der Waals surface area contributed by atoms with E-state index in [4.69, 9.17) is 0 Å². The maximum atomic E-state index is 13.1. The van der Waals surface area contributed by atoms with Crippen molar-refractivity contribution >= 4 is 11.6 Å². The minimum absolute atomic E-state index is 0.0101. The van der Waals surface area contributed by atoms with Gasteiger partial charge in [-0.05, 0) is 67.3 Å². The minimum Gasteiger partial charge on any atom is -0.394 e. The molecule has 2 heterocycles. The molecule has 5 rings (SSSR count). The van der Waals surface area contributed by atoms with Gasteiger partial charge >= 0.3 is 0 Å². The molecule has 0 spiro atoms. The van der Waals surface area contributed by atoms with Gasteiger partial charge in [-0.25, -0.2) is 4.39 Å². The van der Waals surface area contributed by atoms with Crippen molar-refractivity contribution in [1.29, 1.82) is 0 Å². The molecule has 2 aromatic carbocycles. The summed E-state index contributed by atoms with van der Waals surface area (Å²) in [6, 6.07) is 12.1. The van der Waals surface area contributed by atoms with Crippen LogP contribution in [0.3, 0.4) is 0 Å². The number of nitrogens with zero attached hydrogens (tertiary/aromatic N) is 1. The van der Waals surface area contributed by atoms with Gasteiger partial charge in [-0.1, -0.05) is 11.8 Å². The van der Waals surface area contributed by atoms with Crippen LogP contribution in [-0.4, -0.2) is 35.1 Å². The van der Waals surface area contributed by atoms with Crippen LogP contribution in [0, 0.1) is 29.5 Å². The van der Waals surface area contributed by atoms with Crippen LogP contribution < -0.4 is 5.32 Å². The number of rotatable bonds is 2. The van der Waals surface area contributed by atoms with E-state index in [2.05, 4.69) is 23.2 Å². The lowest BCUT2D eigenvalue weighted by Crippen LogP contribution is -2.43. The minimum atomic E-state index is -0.276. The summed E-state index contributed by atoms with van der Waals surface area (Å²) in [6.07, 6.45) is 2.88. The number of halogens is 1. The first-order valence-corrected chi connectivity index (χ1v) is 10.2. The molecule has 2 N–H and O–H groups in total. The molecule has 0 radical (unpaired) electrons. The summed E-state index contributed by atoms with van der Waals surface area (Å²) in [5.41, 5.74) is 3.67. The average molecular weight is 390 g/mol. The summed E-state index contributed by atoms with van der Waals surface area (Å²) in [5, 5.41) is 13.3. The molecule has 3 atom stereocenters. The van der Waals surface area contributed by atoms with Crippen LogP contribution in [-0.2, 0) is 4.79 Å². The highest BCUT2D eigenvalue weighted by atomic mass is 19.1. The number of carbonyl (C=O) groups excluding carboxylic acids is 1. The lowest BCUT2D eigenvalue weighted by molar-refractivity contribution is -0.134. The van der Waals surface area contributed by atoms with Crippen LogP contribution in [0.4, 0.5) is 10.1 Å². The number of aliphatic hydroxyl groups excluding tert-OH is 1. The van der Waals surface area contributed by atoms with Crippen LogP contribution >= 0.6 is 0 Å². The van der Waals surface area contributed by atoms with E-state index in [1.807, 2.05) is 17.0 Å². The molecular weight excluding hydrogens is 367 g/mol. The second kappa shape index (κ2) is 7.20. The van der Waals surface area contributed by atoms with Crippen molar-refractivity contribution in [2.75, 3.05) is 18.5 Å². The number of hydrogen-bond acceptors (Lipinski definition) is 3. The number of fused-ring (bicyclic) bond motifs is 3. The van der Waals surface area contributed by atoms with E-state index >= 15 is 0 Å². The third-order valence-corrected chi connectivity index (χ3v) is 6.27. The molecule has 4 nitrogen and oxygen atoms in total. The Morgan fingerprint density at radius 2 is 1.83 bits per heavy atom. The first kappa shape index (κ1) is 18.2. The highest BCUT2D eigenvalue weighted by Crippen LogP contribution is 2.48. The fourth-order valence-corrected chi connectivity index (χ4v) is 4.63. The Hall–Kier alpha value is -2.84. The molecule has 2 aliphatic heterocycles. The zero-order chi connectivity index (χ0) is 20.0. The Bertz CT molecular complexity index is 1000. The van der Waals surface area contributed by atoms with Crippen LogP contribution in [0.15, 0.2) is 42.5 Å². The highest BCUT2D eigenvalue weighted by molar-refractivity contribution is 5.82. The third-order valence-electron chi connectivity index (χ3n) is 6.27. The van der Waals surface area contributed by atoms with E-state index in [-0.39, 0.29) is 42.3 Å². The topological polar surface area (TPSA) is 52.6 Å². The average Bonchev–Trinajstić information content (AvgIpc) is 3.50. The number of anilines is 1. The molecule has 2 fully saturated rings. The predicted molar refractivity (Wildman–Crippen MR) is 109 cm³/mol. The van der Waals surface area contributed by atoms with Crippen LogP contribution in [0.5, 0.6) is 0 Å². The van der Waals surface area contributed by atoms with Gasteiger partial charge in [0.15, 0.2) is 0 Å². The van der Waals surface area contributed by atoms with Gasteiger partial charge in [0.05, 0.1) is 18.7 Å². The molecule has 0 bridgehead atoms. The van der Waals surface area contributed by atoms with Gasteiger partial charge in [0.2, 0.25) is 5.91 Å². The molecule has 148 valence electrons. The van der Waals surface area contributed by atoms with Crippen molar-refractivity contribution in [1.82, 2.24) is 4.90 Å². The smallest absolute Gasteiger partial charge is 0.226 e. The van der Waals surface area contributed by atoms with E-state index < -0.39 is 0 Å². The Morgan fingerprint density at radius 1 is 1.10 bits per heavy atom. The zero-order valence-electron chi connectivity index (χ0n) is 16.1. The van der Waals surface area contributed by atoms with Gasteiger partial charge in [-0.2, -0.15) is 0 Å². The molecule has 2 aromatic rings. The highest BCUT2D eigenvalue weighted by Gasteiger charge is 2.48. The first-order valence-electron chi connectivity index (χ1n) is 10.2. The second-order valence-electron chi connectivity index (χ2n) is 8.20. The number of aliphatic hydroxyl groups is 1. The SMILES string of the molecule is O=C(C1CC1)N1CC[C@@H]2[C@H](CO)Nc3ccc(C#Cc4ccc(F)cc4)cc3[C@@H]21. The largest absolute Gasteiger partial charge is 0.394 e. The molecular formula is C24H23FN2O2. The second-order valence-corrected chi connectivity index (χ2v) is 8.20. The quantitative estimate of drug-likeness (QED) is 0.774. The zero-order valence-corrected chi connectivity index (χ0v) is 16.1. The Morgan fingerprint density at radius 3 is 2.55 bits per heavy atom.